The quantitative estimate of drug-likeness (QED) is 0.279. The fourth-order valence-corrected chi connectivity index (χ4v) is 8.06. The Hall–Kier alpha value is -2.17. The van der Waals surface area contributed by atoms with Gasteiger partial charge < -0.3 is 0 Å². The molecule has 0 amide bonds. The van der Waals surface area contributed by atoms with Gasteiger partial charge in [-0.05, 0) is 39.4 Å². The minimum atomic E-state index is -1.68. The number of benzene rings is 3. The van der Waals surface area contributed by atoms with Crippen molar-refractivity contribution in [2.45, 2.75) is 52.6 Å². The van der Waals surface area contributed by atoms with Gasteiger partial charge in [-0.1, -0.05) is 130 Å². The summed E-state index contributed by atoms with van der Waals surface area (Å²) < 4.78 is 0. The summed E-state index contributed by atoms with van der Waals surface area (Å²) in [5.41, 5.74) is 7.13. The molecule has 0 bridgehead atoms. The summed E-state index contributed by atoms with van der Waals surface area (Å²) in [5.74, 6) is 0. The SMILES string of the molecule is CCc1ccccc1C(=C(c1ccccc1)[Si](C)(C)C)c1ccccc1[Si](C)(C)C. The topological polar surface area (TPSA) is 0 Å². The lowest BCUT2D eigenvalue weighted by Gasteiger charge is -2.30. The van der Waals surface area contributed by atoms with Crippen LogP contribution in [-0.4, -0.2) is 16.1 Å². The van der Waals surface area contributed by atoms with Crippen LogP contribution in [0.5, 0.6) is 0 Å². The minimum absolute atomic E-state index is 1.04. The first-order chi connectivity index (χ1) is 14.1. The molecule has 0 heterocycles. The predicted molar refractivity (Wildman–Crippen MR) is 141 cm³/mol. The molecule has 0 radical (unpaired) electrons. The van der Waals surface area contributed by atoms with Crippen LogP contribution >= 0.6 is 0 Å². The Balaban J connectivity index is 2.53. The molecule has 0 aliphatic heterocycles. The van der Waals surface area contributed by atoms with E-state index in [9.17, 15) is 0 Å². The van der Waals surface area contributed by atoms with E-state index in [1.165, 1.54) is 27.8 Å². The van der Waals surface area contributed by atoms with Crippen molar-refractivity contribution in [3.8, 4) is 0 Å². The van der Waals surface area contributed by atoms with Gasteiger partial charge in [0, 0.05) is 0 Å². The second kappa shape index (κ2) is 8.91. The highest BCUT2D eigenvalue weighted by molar-refractivity contribution is 6.95. The highest BCUT2D eigenvalue weighted by Gasteiger charge is 2.30. The second-order valence-electron chi connectivity index (χ2n) is 10.2. The maximum absolute atomic E-state index is 2.49. The molecule has 0 nitrogen and oxygen atoms in total. The maximum atomic E-state index is 2.49. The fraction of sp³-hybridized carbons (Fsp3) is 0.286. The molecule has 0 fully saturated rings. The van der Waals surface area contributed by atoms with E-state index in [2.05, 4.69) is 125 Å². The lowest BCUT2D eigenvalue weighted by molar-refractivity contribution is 1.13. The normalized spacial score (nSPS) is 13.2. The molecule has 0 N–H and O–H groups in total. The summed E-state index contributed by atoms with van der Waals surface area (Å²) in [6.07, 6.45) is 1.04. The standard InChI is InChI=1S/C28H36Si2/c1-8-22-16-12-13-19-24(22)27(25-20-14-15-21-26(25)29(2,3)4)28(30(5,6)7)23-17-10-9-11-18-23/h9-21H,8H2,1-7H3. The Kier molecular flexibility index (Phi) is 6.69. The summed E-state index contributed by atoms with van der Waals surface area (Å²) >= 11 is 0. The van der Waals surface area contributed by atoms with Crippen LogP contribution < -0.4 is 5.19 Å². The summed E-state index contributed by atoms with van der Waals surface area (Å²) in [6, 6.07) is 29.3. The molecule has 0 aliphatic rings. The Morgan fingerprint density at radius 2 is 1.17 bits per heavy atom. The summed E-state index contributed by atoms with van der Waals surface area (Å²) in [6.45, 7) is 17.1. The van der Waals surface area contributed by atoms with Crippen LogP contribution in [0.3, 0.4) is 0 Å². The minimum Gasteiger partial charge on any atom is -0.0656 e. The average Bonchev–Trinajstić information content (AvgIpc) is 2.71. The third-order valence-corrected chi connectivity index (χ3v) is 9.83. The lowest BCUT2D eigenvalue weighted by atomic mass is 9.91. The molecule has 0 spiro atoms. The first kappa shape index (κ1) is 22.5. The number of aryl methyl sites for hydroxylation is 1. The lowest BCUT2D eigenvalue weighted by Crippen LogP contribution is -2.40. The van der Waals surface area contributed by atoms with Gasteiger partial charge in [0.2, 0.25) is 0 Å². The van der Waals surface area contributed by atoms with Gasteiger partial charge in [0.1, 0.15) is 0 Å². The zero-order valence-corrected chi connectivity index (χ0v) is 21.7. The van der Waals surface area contributed by atoms with E-state index in [1.807, 2.05) is 0 Å². The van der Waals surface area contributed by atoms with Crippen LogP contribution in [-0.2, 0) is 6.42 Å². The van der Waals surface area contributed by atoms with E-state index < -0.39 is 16.1 Å². The molecular weight excluding hydrogens is 392 g/mol. The summed E-state index contributed by atoms with van der Waals surface area (Å²) in [7, 11) is -3.20. The van der Waals surface area contributed by atoms with Gasteiger partial charge in [0.25, 0.3) is 0 Å². The molecule has 0 saturated carbocycles. The summed E-state index contributed by atoms with van der Waals surface area (Å²) in [4.78, 5) is 0. The molecule has 0 aromatic heterocycles. The van der Waals surface area contributed by atoms with E-state index >= 15 is 0 Å². The van der Waals surface area contributed by atoms with Gasteiger partial charge in [-0.3, -0.25) is 0 Å². The van der Waals surface area contributed by atoms with Gasteiger partial charge in [-0.2, -0.15) is 0 Å². The molecule has 0 unspecified atom stereocenters. The van der Waals surface area contributed by atoms with Crippen LogP contribution in [0.25, 0.3) is 10.8 Å². The van der Waals surface area contributed by atoms with Crippen molar-refractivity contribution in [2.75, 3.05) is 0 Å². The van der Waals surface area contributed by atoms with E-state index in [-0.39, 0.29) is 0 Å². The fourth-order valence-electron chi connectivity index (χ4n) is 4.40. The molecule has 3 rings (SSSR count). The molecular formula is C28H36Si2. The van der Waals surface area contributed by atoms with E-state index in [4.69, 9.17) is 0 Å². The molecule has 30 heavy (non-hydrogen) atoms. The number of hydrogen-bond donors (Lipinski definition) is 0. The van der Waals surface area contributed by atoms with Gasteiger partial charge in [-0.15, -0.1) is 0 Å². The van der Waals surface area contributed by atoms with Crippen molar-refractivity contribution in [3.05, 3.63) is 101 Å². The molecule has 2 heteroatoms. The predicted octanol–water partition coefficient (Wildman–Crippen LogP) is 7.63. The Bertz CT molecular complexity index is 1030. The van der Waals surface area contributed by atoms with E-state index in [0.29, 0.717) is 0 Å². The third kappa shape index (κ3) is 4.76. The van der Waals surface area contributed by atoms with Gasteiger partial charge in [0.15, 0.2) is 0 Å². The molecule has 0 atom stereocenters. The van der Waals surface area contributed by atoms with Crippen molar-refractivity contribution in [3.63, 3.8) is 0 Å². The Morgan fingerprint density at radius 3 is 1.73 bits per heavy atom. The maximum Gasteiger partial charge on any atom is 0.0792 e. The smallest absolute Gasteiger partial charge is 0.0656 e. The monoisotopic (exact) mass is 428 g/mol. The zero-order chi connectivity index (χ0) is 21.9. The van der Waals surface area contributed by atoms with Gasteiger partial charge in [0.05, 0.1) is 16.1 Å². The molecule has 3 aromatic carbocycles. The van der Waals surface area contributed by atoms with Crippen molar-refractivity contribution in [1.82, 2.24) is 0 Å². The zero-order valence-electron chi connectivity index (χ0n) is 19.7. The van der Waals surface area contributed by atoms with Crippen molar-refractivity contribution in [2.24, 2.45) is 0 Å². The molecule has 3 aromatic rings. The van der Waals surface area contributed by atoms with Gasteiger partial charge in [-0.25, -0.2) is 0 Å². The largest absolute Gasteiger partial charge is 0.0792 e. The first-order valence-corrected chi connectivity index (χ1v) is 18.1. The highest BCUT2D eigenvalue weighted by atomic mass is 28.3. The van der Waals surface area contributed by atoms with E-state index in [0.717, 1.165) is 6.42 Å². The number of hydrogen-bond acceptors (Lipinski definition) is 0. The average molecular weight is 429 g/mol. The van der Waals surface area contributed by atoms with Crippen molar-refractivity contribution < 1.29 is 0 Å². The van der Waals surface area contributed by atoms with E-state index in [1.54, 1.807) is 10.4 Å². The highest BCUT2D eigenvalue weighted by Crippen LogP contribution is 2.39. The molecule has 0 saturated heterocycles. The van der Waals surface area contributed by atoms with Crippen molar-refractivity contribution in [1.29, 1.82) is 0 Å². The third-order valence-electron chi connectivity index (χ3n) is 5.73. The van der Waals surface area contributed by atoms with Crippen LogP contribution in [0.2, 0.25) is 39.3 Å². The van der Waals surface area contributed by atoms with Gasteiger partial charge >= 0.3 is 0 Å². The molecule has 0 aliphatic carbocycles. The Labute approximate surface area is 185 Å². The summed E-state index contributed by atoms with van der Waals surface area (Å²) in [5, 5.41) is 3.12. The van der Waals surface area contributed by atoms with Crippen LogP contribution in [0.4, 0.5) is 0 Å². The second-order valence-corrected chi connectivity index (χ2v) is 20.2. The van der Waals surface area contributed by atoms with Crippen LogP contribution in [0.15, 0.2) is 78.9 Å². The van der Waals surface area contributed by atoms with Crippen molar-refractivity contribution >= 4 is 32.1 Å². The van der Waals surface area contributed by atoms with Crippen LogP contribution in [0.1, 0.15) is 29.2 Å². The first-order valence-electron chi connectivity index (χ1n) is 11.1. The molecule has 156 valence electrons. The van der Waals surface area contributed by atoms with Crippen LogP contribution in [0, 0.1) is 0 Å². The Morgan fingerprint density at radius 1 is 0.633 bits per heavy atom. The number of rotatable bonds is 6.